The number of sulfone groups is 1. The minimum absolute atomic E-state index is 0.235. The van der Waals surface area contributed by atoms with Crippen LogP contribution in [0.1, 0.15) is 24.8 Å². The van der Waals surface area contributed by atoms with Gasteiger partial charge in [0.1, 0.15) is 0 Å². The number of hydrogen-bond acceptors (Lipinski definition) is 3. The molecule has 1 saturated carbocycles. The van der Waals surface area contributed by atoms with Crippen LogP contribution in [0.3, 0.4) is 0 Å². The lowest BCUT2D eigenvalue weighted by molar-refractivity contribution is -0.137. The highest BCUT2D eigenvalue weighted by Crippen LogP contribution is 2.31. The second-order valence-electron chi connectivity index (χ2n) is 5.12. The predicted molar refractivity (Wildman–Crippen MR) is 71.3 cm³/mol. The van der Waals surface area contributed by atoms with Crippen molar-refractivity contribution in [1.82, 2.24) is 0 Å². The lowest BCUT2D eigenvalue weighted by atomic mass is 10.1. The number of rotatable bonds is 3. The van der Waals surface area contributed by atoms with Crippen LogP contribution in [0.2, 0.25) is 0 Å². The molecule has 0 bridgehead atoms. The molecule has 0 saturated heterocycles. The maximum atomic E-state index is 12.4. The van der Waals surface area contributed by atoms with Gasteiger partial charge in [0.15, 0.2) is 9.84 Å². The summed E-state index contributed by atoms with van der Waals surface area (Å²) in [6.45, 7) is 0. The third-order valence-corrected chi connectivity index (χ3v) is 5.23. The van der Waals surface area contributed by atoms with Crippen LogP contribution in [-0.2, 0) is 16.0 Å². The van der Waals surface area contributed by atoms with Gasteiger partial charge in [-0.15, -0.1) is 0 Å². The van der Waals surface area contributed by atoms with Crippen LogP contribution in [0.25, 0.3) is 0 Å². The van der Waals surface area contributed by atoms with Crippen molar-refractivity contribution in [3.05, 3.63) is 29.8 Å². The van der Waals surface area contributed by atoms with Crippen molar-refractivity contribution in [3.63, 3.8) is 0 Å². The van der Waals surface area contributed by atoms with Crippen LogP contribution in [0.15, 0.2) is 24.3 Å². The van der Waals surface area contributed by atoms with E-state index in [-0.39, 0.29) is 6.04 Å². The molecule has 0 amide bonds. The molecule has 0 aliphatic heterocycles. The summed E-state index contributed by atoms with van der Waals surface area (Å²) in [5.74, 6) is 0. The first-order valence-corrected chi connectivity index (χ1v) is 8.26. The molecule has 1 aromatic carbocycles. The first-order valence-electron chi connectivity index (χ1n) is 6.30. The van der Waals surface area contributed by atoms with E-state index in [1.54, 1.807) is 0 Å². The smallest absolute Gasteiger partial charge is 0.381 e. The van der Waals surface area contributed by atoms with E-state index in [2.05, 4.69) is 5.32 Å². The lowest BCUT2D eigenvalue weighted by Gasteiger charge is -2.21. The average molecular weight is 307 g/mol. The molecule has 2 atom stereocenters. The number of hydrogen-bond donors (Lipinski definition) is 1. The van der Waals surface area contributed by atoms with Crippen molar-refractivity contribution < 1.29 is 21.6 Å². The summed E-state index contributed by atoms with van der Waals surface area (Å²) in [5, 5.41) is 2.56. The Balaban J connectivity index is 2.11. The number of anilines is 1. The quantitative estimate of drug-likeness (QED) is 0.933. The van der Waals surface area contributed by atoms with Crippen molar-refractivity contribution in [2.45, 2.75) is 36.7 Å². The van der Waals surface area contributed by atoms with E-state index in [1.807, 2.05) is 0 Å². The summed E-state index contributed by atoms with van der Waals surface area (Å²) < 4.78 is 60.6. The Morgan fingerprint density at radius 1 is 1.15 bits per heavy atom. The van der Waals surface area contributed by atoms with Gasteiger partial charge in [-0.2, -0.15) is 13.2 Å². The van der Waals surface area contributed by atoms with E-state index in [1.165, 1.54) is 18.4 Å². The maximum Gasteiger partial charge on any atom is 0.416 e. The van der Waals surface area contributed by atoms with E-state index >= 15 is 0 Å². The van der Waals surface area contributed by atoms with Gasteiger partial charge in [-0.1, -0.05) is 0 Å². The summed E-state index contributed by atoms with van der Waals surface area (Å²) in [4.78, 5) is 0. The molecule has 1 N–H and O–H groups in total. The molecule has 2 rings (SSSR count). The van der Waals surface area contributed by atoms with Crippen LogP contribution >= 0.6 is 0 Å². The number of halogens is 3. The third kappa shape index (κ3) is 3.45. The molecule has 1 aliphatic carbocycles. The second kappa shape index (κ2) is 5.27. The molecule has 3 nitrogen and oxygen atoms in total. The van der Waals surface area contributed by atoms with Crippen molar-refractivity contribution in [2.24, 2.45) is 0 Å². The Bertz CT molecular complexity index is 566. The van der Waals surface area contributed by atoms with Gasteiger partial charge in [-0.05, 0) is 43.5 Å². The molecule has 20 heavy (non-hydrogen) atoms. The highest BCUT2D eigenvalue weighted by molar-refractivity contribution is 7.91. The van der Waals surface area contributed by atoms with E-state index in [9.17, 15) is 21.6 Å². The van der Waals surface area contributed by atoms with Crippen molar-refractivity contribution >= 4 is 15.5 Å². The Morgan fingerprint density at radius 2 is 1.75 bits per heavy atom. The van der Waals surface area contributed by atoms with Crippen LogP contribution in [0, 0.1) is 0 Å². The molecular formula is C13H16F3NO2S. The summed E-state index contributed by atoms with van der Waals surface area (Å²) in [6.07, 6.45) is -1.06. The normalized spacial score (nSPS) is 23.8. The summed E-state index contributed by atoms with van der Waals surface area (Å²) in [6, 6.07) is 4.42. The van der Waals surface area contributed by atoms with Gasteiger partial charge in [-0.25, -0.2) is 8.42 Å². The van der Waals surface area contributed by atoms with Gasteiger partial charge in [0, 0.05) is 18.0 Å². The highest BCUT2D eigenvalue weighted by Gasteiger charge is 2.35. The van der Waals surface area contributed by atoms with Crippen LogP contribution in [0.4, 0.5) is 18.9 Å². The molecule has 0 heterocycles. The van der Waals surface area contributed by atoms with E-state index < -0.39 is 26.8 Å². The SMILES string of the molecule is CS(=O)(=O)C1CCCC1Nc1ccc(C(F)(F)F)cc1. The van der Waals surface area contributed by atoms with Gasteiger partial charge in [0.2, 0.25) is 0 Å². The topological polar surface area (TPSA) is 46.2 Å². The van der Waals surface area contributed by atoms with Gasteiger partial charge >= 0.3 is 6.18 Å². The van der Waals surface area contributed by atoms with Crippen molar-refractivity contribution in [2.75, 3.05) is 11.6 Å². The monoisotopic (exact) mass is 307 g/mol. The molecule has 112 valence electrons. The van der Waals surface area contributed by atoms with E-state index in [0.29, 0.717) is 18.5 Å². The van der Waals surface area contributed by atoms with Gasteiger partial charge in [0.25, 0.3) is 0 Å². The molecule has 7 heteroatoms. The predicted octanol–water partition coefficient (Wildman–Crippen LogP) is 3.08. The molecule has 0 radical (unpaired) electrons. The average Bonchev–Trinajstić information content (AvgIpc) is 2.76. The van der Waals surface area contributed by atoms with Gasteiger partial charge < -0.3 is 5.32 Å². The van der Waals surface area contributed by atoms with Crippen molar-refractivity contribution in [3.8, 4) is 0 Å². The third-order valence-electron chi connectivity index (χ3n) is 3.57. The Hall–Kier alpha value is -1.24. The standard InChI is InChI=1S/C13H16F3NO2S/c1-20(18,19)12-4-2-3-11(12)17-10-7-5-9(6-8-10)13(14,15)16/h5-8,11-12,17H,2-4H2,1H3. The first kappa shape index (κ1) is 15.2. The first-order chi connectivity index (χ1) is 9.18. The molecule has 0 spiro atoms. The van der Waals surface area contributed by atoms with Crippen LogP contribution < -0.4 is 5.32 Å². The zero-order valence-corrected chi connectivity index (χ0v) is 11.8. The van der Waals surface area contributed by atoms with Gasteiger partial charge in [0.05, 0.1) is 10.8 Å². The van der Waals surface area contributed by atoms with E-state index in [4.69, 9.17) is 0 Å². The zero-order valence-electron chi connectivity index (χ0n) is 10.9. The fraction of sp³-hybridized carbons (Fsp3) is 0.538. The van der Waals surface area contributed by atoms with Crippen molar-refractivity contribution in [1.29, 1.82) is 0 Å². The number of nitrogens with one attached hydrogen (secondary N) is 1. The fourth-order valence-electron chi connectivity index (χ4n) is 2.57. The molecule has 1 fully saturated rings. The van der Waals surface area contributed by atoms with E-state index in [0.717, 1.165) is 18.6 Å². The summed E-state index contributed by atoms with van der Waals surface area (Å²) in [5.41, 5.74) is -0.201. The molecule has 0 aromatic heterocycles. The molecule has 1 aliphatic rings. The zero-order chi connectivity index (χ0) is 15.0. The number of alkyl halides is 3. The maximum absolute atomic E-state index is 12.4. The fourth-order valence-corrected chi connectivity index (χ4v) is 3.97. The minimum atomic E-state index is -4.36. The summed E-state index contributed by atoms with van der Waals surface area (Å²) in [7, 11) is -3.15. The molecular weight excluding hydrogens is 291 g/mol. The number of benzene rings is 1. The van der Waals surface area contributed by atoms with Crippen LogP contribution in [-0.4, -0.2) is 26.0 Å². The Kier molecular flexibility index (Phi) is 4.00. The Morgan fingerprint density at radius 3 is 2.25 bits per heavy atom. The molecule has 1 aromatic rings. The minimum Gasteiger partial charge on any atom is -0.381 e. The summed E-state index contributed by atoms with van der Waals surface area (Å²) >= 11 is 0. The second-order valence-corrected chi connectivity index (χ2v) is 7.39. The Labute approximate surface area is 116 Å². The lowest BCUT2D eigenvalue weighted by Crippen LogP contribution is -2.34. The highest BCUT2D eigenvalue weighted by atomic mass is 32.2. The van der Waals surface area contributed by atoms with Gasteiger partial charge in [-0.3, -0.25) is 0 Å². The largest absolute Gasteiger partial charge is 0.416 e. The van der Waals surface area contributed by atoms with Crippen LogP contribution in [0.5, 0.6) is 0 Å². The molecule has 2 unspecified atom stereocenters.